The average Bonchev–Trinajstić information content (AvgIpc) is 3.25. The number of halogens is 1. The van der Waals surface area contributed by atoms with Gasteiger partial charge in [-0.15, -0.1) is 0 Å². The maximum atomic E-state index is 13.1. The SMILES string of the molecule is C[C@H](NC(=O)[C@H]1CCCN1S(=O)(=O)c1ccc(Cl)cc1)c1ccc2c(c1)CCCC2. The second kappa shape index (κ2) is 8.69. The number of carbonyl (C=O) groups excluding carboxylic acids is 1. The Balaban J connectivity index is 1.49. The van der Waals surface area contributed by atoms with Crippen molar-refractivity contribution in [3.05, 3.63) is 64.2 Å². The van der Waals surface area contributed by atoms with Crippen LogP contribution in [0.5, 0.6) is 0 Å². The number of carbonyl (C=O) groups is 1. The summed E-state index contributed by atoms with van der Waals surface area (Å²) >= 11 is 5.89. The summed E-state index contributed by atoms with van der Waals surface area (Å²) in [5, 5.41) is 3.52. The molecule has 1 amide bonds. The number of sulfonamides is 1. The molecule has 2 aromatic carbocycles. The van der Waals surface area contributed by atoms with Gasteiger partial charge in [-0.3, -0.25) is 4.79 Å². The van der Waals surface area contributed by atoms with Crippen molar-refractivity contribution in [1.29, 1.82) is 0 Å². The zero-order chi connectivity index (χ0) is 21.3. The Morgan fingerprint density at radius 2 is 1.77 bits per heavy atom. The fourth-order valence-electron chi connectivity index (χ4n) is 4.45. The summed E-state index contributed by atoms with van der Waals surface area (Å²) in [4.78, 5) is 13.2. The first-order valence-electron chi connectivity index (χ1n) is 10.6. The van der Waals surface area contributed by atoms with E-state index in [-0.39, 0.29) is 16.8 Å². The molecule has 1 aliphatic heterocycles. The lowest BCUT2D eigenvalue weighted by Gasteiger charge is -2.26. The third kappa shape index (κ3) is 4.27. The lowest BCUT2D eigenvalue weighted by molar-refractivity contribution is -0.124. The molecule has 2 aliphatic rings. The fraction of sp³-hybridized carbons (Fsp3) is 0.435. The standard InChI is InChI=1S/C23H27ClN2O3S/c1-16(18-9-8-17-5-2-3-6-19(17)15-18)25-23(27)22-7-4-14-26(22)30(28,29)21-12-10-20(24)11-13-21/h8-13,15-16,22H,2-7,14H2,1H3,(H,25,27)/t16-,22+/m0/s1. The van der Waals surface area contributed by atoms with Crippen LogP contribution < -0.4 is 5.32 Å². The molecular weight excluding hydrogens is 420 g/mol. The summed E-state index contributed by atoms with van der Waals surface area (Å²) in [5.41, 5.74) is 3.83. The van der Waals surface area contributed by atoms with E-state index in [2.05, 4.69) is 23.5 Å². The number of hydrogen-bond acceptors (Lipinski definition) is 3. The third-order valence-electron chi connectivity index (χ3n) is 6.16. The van der Waals surface area contributed by atoms with Crippen LogP contribution in [0, 0.1) is 0 Å². The van der Waals surface area contributed by atoms with Gasteiger partial charge in [-0.2, -0.15) is 4.31 Å². The molecule has 0 unspecified atom stereocenters. The van der Waals surface area contributed by atoms with Crippen molar-refractivity contribution in [3.63, 3.8) is 0 Å². The van der Waals surface area contributed by atoms with Crippen LogP contribution in [0.15, 0.2) is 47.4 Å². The summed E-state index contributed by atoms with van der Waals surface area (Å²) in [6.07, 6.45) is 5.83. The molecule has 0 saturated carbocycles. The lowest BCUT2D eigenvalue weighted by atomic mass is 9.89. The zero-order valence-electron chi connectivity index (χ0n) is 17.1. The van der Waals surface area contributed by atoms with Crippen molar-refractivity contribution in [1.82, 2.24) is 9.62 Å². The van der Waals surface area contributed by atoms with E-state index in [4.69, 9.17) is 11.6 Å². The van der Waals surface area contributed by atoms with Crippen molar-refractivity contribution < 1.29 is 13.2 Å². The normalized spacial score (nSPS) is 20.5. The predicted octanol–water partition coefficient (Wildman–Crippen LogP) is 4.25. The van der Waals surface area contributed by atoms with Crippen LogP contribution in [-0.4, -0.2) is 31.2 Å². The molecule has 4 rings (SSSR count). The minimum atomic E-state index is -3.75. The predicted molar refractivity (Wildman–Crippen MR) is 118 cm³/mol. The van der Waals surface area contributed by atoms with Gasteiger partial charge in [-0.1, -0.05) is 29.8 Å². The van der Waals surface area contributed by atoms with Gasteiger partial charge in [0.1, 0.15) is 6.04 Å². The first-order chi connectivity index (χ1) is 14.4. The number of hydrogen-bond donors (Lipinski definition) is 1. The van der Waals surface area contributed by atoms with E-state index in [0.717, 1.165) is 18.4 Å². The number of nitrogens with zero attached hydrogens (tertiary/aromatic N) is 1. The van der Waals surface area contributed by atoms with Crippen molar-refractivity contribution in [3.8, 4) is 0 Å². The molecule has 1 saturated heterocycles. The molecular formula is C23H27ClN2O3S. The zero-order valence-corrected chi connectivity index (χ0v) is 18.7. The summed E-state index contributed by atoms with van der Waals surface area (Å²) in [5.74, 6) is -0.241. The van der Waals surface area contributed by atoms with Crippen LogP contribution in [0.2, 0.25) is 5.02 Å². The van der Waals surface area contributed by atoms with E-state index in [0.29, 0.717) is 24.4 Å². The van der Waals surface area contributed by atoms with Crippen LogP contribution in [0.3, 0.4) is 0 Å². The van der Waals surface area contributed by atoms with Crippen LogP contribution in [-0.2, 0) is 27.7 Å². The number of fused-ring (bicyclic) bond motifs is 1. The highest BCUT2D eigenvalue weighted by Gasteiger charge is 2.39. The van der Waals surface area contributed by atoms with Crippen molar-refractivity contribution in [2.45, 2.75) is 62.4 Å². The smallest absolute Gasteiger partial charge is 0.243 e. The van der Waals surface area contributed by atoms with E-state index < -0.39 is 16.1 Å². The Kier molecular flexibility index (Phi) is 6.19. The van der Waals surface area contributed by atoms with Gasteiger partial charge in [0, 0.05) is 11.6 Å². The molecule has 2 atom stereocenters. The van der Waals surface area contributed by atoms with E-state index in [1.165, 1.54) is 40.4 Å². The number of benzene rings is 2. The maximum Gasteiger partial charge on any atom is 0.243 e. The van der Waals surface area contributed by atoms with Gasteiger partial charge in [-0.25, -0.2) is 8.42 Å². The number of nitrogens with one attached hydrogen (secondary N) is 1. The third-order valence-corrected chi connectivity index (χ3v) is 8.33. The minimum Gasteiger partial charge on any atom is -0.348 e. The van der Waals surface area contributed by atoms with E-state index in [1.807, 2.05) is 6.92 Å². The molecule has 1 aliphatic carbocycles. The van der Waals surface area contributed by atoms with Gasteiger partial charge < -0.3 is 5.32 Å². The monoisotopic (exact) mass is 446 g/mol. The Hall–Kier alpha value is -1.89. The fourth-order valence-corrected chi connectivity index (χ4v) is 6.23. The van der Waals surface area contributed by atoms with Gasteiger partial charge in [0.15, 0.2) is 0 Å². The molecule has 5 nitrogen and oxygen atoms in total. The van der Waals surface area contributed by atoms with Gasteiger partial charge in [0.05, 0.1) is 10.9 Å². The van der Waals surface area contributed by atoms with Gasteiger partial charge in [-0.05, 0) is 86.4 Å². The van der Waals surface area contributed by atoms with E-state index in [9.17, 15) is 13.2 Å². The summed E-state index contributed by atoms with van der Waals surface area (Å²) in [6, 6.07) is 11.6. The molecule has 30 heavy (non-hydrogen) atoms. The maximum absolute atomic E-state index is 13.1. The Morgan fingerprint density at radius 1 is 1.07 bits per heavy atom. The molecule has 0 radical (unpaired) electrons. The molecule has 0 aromatic heterocycles. The molecule has 1 N–H and O–H groups in total. The summed E-state index contributed by atoms with van der Waals surface area (Å²) < 4.78 is 27.5. The minimum absolute atomic E-state index is 0.161. The Labute approximate surface area is 183 Å². The summed E-state index contributed by atoms with van der Waals surface area (Å²) in [7, 11) is -3.75. The molecule has 0 spiro atoms. The Morgan fingerprint density at radius 3 is 2.50 bits per heavy atom. The van der Waals surface area contributed by atoms with Crippen molar-refractivity contribution >= 4 is 27.5 Å². The highest BCUT2D eigenvalue weighted by atomic mass is 35.5. The topological polar surface area (TPSA) is 66.5 Å². The molecule has 0 bridgehead atoms. The number of amides is 1. The highest BCUT2D eigenvalue weighted by molar-refractivity contribution is 7.89. The van der Waals surface area contributed by atoms with Crippen molar-refractivity contribution in [2.75, 3.05) is 6.54 Å². The first kappa shape index (κ1) is 21.3. The van der Waals surface area contributed by atoms with Crippen LogP contribution >= 0.6 is 11.6 Å². The highest BCUT2D eigenvalue weighted by Crippen LogP contribution is 2.28. The second-order valence-electron chi connectivity index (χ2n) is 8.19. The van der Waals surface area contributed by atoms with Crippen LogP contribution in [0.4, 0.5) is 0 Å². The molecule has 2 aromatic rings. The summed E-state index contributed by atoms with van der Waals surface area (Å²) in [6.45, 7) is 2.30. The van der Waals surface area contributed by atoms with Crippen LogP contribution in [0.25, 0.3) is 0 Å². The van der Waals surface area contributed by atoms with Gasteiger partial charge in [0.25, 0.3) is 0 Å². The van der Waals surface area contributed by atoms with Crippen LogP contribution in [0.1, 0.15) is 55.3 Å². The first-order valence-corrected chi connectivity index (χ1v) is 12.4. The van der Waals surface area contributed by atoms with Crippen molar-refractivity contribution in [2.24, 2.45) is 0 Å². The largest absolute Gasteiger partial charge is 0.348 e. The molecule has 1 heterocycles. The van der Waals surface area contributed by atoms with Gasteiger partial charge >= 0.3 is 0 Å². The molecule has 7 heteroatoms. The molecule has 160 valence electrons. The quantitative estimate of drug-likeness (QED) is 0.746. The lowest BCUT2D eigenvalue weighted by Crippen LogP contribution is -2.46. The average molecular weight is 447 g/mol. The van der Waals surface area contributed by atoms with Gasteiger partial charge in [0.2, 0.25) is 15.9 Å². The number of rotatable bonds is 5. The Bertz CT molecular complexity index is 1040. The van der Waals surface area contributed by atoms with E-state index >= 15 is 0 Å². The van der Waals surface area contributed by atoms with E-state index in [1.54, 1.807) is 12.1 Å². The number of aryl methyl sites for hydroxylation is 2. The second-order valence-corrected chi connectivity index (χ2v) is 10.5. The molecule has 1 fully saturated rings.